The van der Waals surface area contributed by atoms with Gasteiger partial charge in [0.05, 0.1) is 0 Å². The smallest absolute Gasteiger partial charge is 0.248 e. The van der Waals surface area contributed by atoms with E-state index in [1.54, 1.807) is 11.9 Å². The number of ether oxygens (including phenoxy) is 1. The van der Waals surface area contributed by atoms with E-state index in [4.69, 9.17) is 10.5 Å². The number of amides is 1. The van der Waals surface area contributed by atoms with Crippen molar-refractivity contribution in [3.05, 3.63) is 35.4 Å². The Morgan fingerprint density at radius 3 is 2.44 bits per heavy atom. The fourth-order valence-electron chi connectivity index (χ4n) is 1.56. The largest absolute Gasteiger partial charge is 0.372 e. The molecule has 4 nitrogen and oxygen atoms in total. The van der Waals surface area contributed by atoms with E-state index in [-0.39, 0.29) is 12.5 Å². The minimum absolute atomic E-state index is 0.00588. The van der Waals surface area contributed by atoms with Crippen molar-refractivity contribution in [3.63, 3.8) is 0 Å². The zero-order valence-corrected chi connectivity index (χ0v) is 11.2. The van der Waals surface area contributed by atoms with E-state index in [1.165, 1.54) is 0 Å². The monoisotopic (exact) mass is 250 g/mol. The predicted octanol–water partition coefficient (Wildman–Crippen LogP) is 1.53. The Hall–Kier alpha value is -1.39. The molecule has 0 radical (unpaired) electrons. The Morgan fingerprint density at radius 1 is 1.28 bits per heavy atom. The Morgan fingerprint density at radius 2 is 1.89 bits per heavy atom. The molecule has 0 fully saturated rings. The molecule has 2 N–H and O–H groups in total. The maximum absolute atomic E-state index is 11.7. The number of hydrogen-bond acceptors (Lipinski definition) is 3. The molecule has 0 bridgehead atoms. The fourth-order valence-corrected chi connectivity index (χ4v) is 1.56. The van der Waals surface area contributed by atoms with Crippen molar-refractivity contribution in [2.45, 2.75) is 26.4 Å². The Kier molecular flexibility index (Phi) is 6.39. The number of carbonyl (C=O) groups is 1. The minimum atomic E-state index is 0.00588. The summed E-state index contributed by atoms with van der Waals surface area (Å²) >= 11 is 0. The highest BCUT2D eigenvalue weighted by Crippen LogP contribution is 2.06. The third-order valence-electron chi connectivity index (χ3n) is 2.68. The molecular weight excluding hydrogens is 228 g/mol. The van der Waals surface area contributed by atoms with Crippen LogP contribution in [-0.4, -0.2) is 31.1 Å². The van der Waals surface area contributed by atoms with Gasteiger partial charge in [0, 0.05) is 26.7 Å². The molecule has 0 heterocycles. The second kappa shape index (κ2) is 7.84. The highest BCUT2D eigenvalue weighted by Gasteiger charge is 2.08. The highest BCUT2D eigenvalue weighted by molar-refractivity contribution is 5.77. The van der Waals surface area contributed by atoms with Gasteiger partial charge in [-0.2, -0.15) is 0 Å². The van der Waals surface area contributed by atoms with Crippen LogP contribution in [0.4, 0.5) is 0 Å². The highest BCUT2D eigenvalue weighted by atomic mass is 16.5. The molecule has 1 amide bonds. The number of carbonyl (C=O) groups excluding carboxylic acids is 1. The Balaban J connectivity index is 2.42. The first-order chi connectivity index (χ1) is 8.67. The van der Waals surface area contributed by atoms with Gasteiger partial charge in [0.15, 0.2) is 0 Å². The molecule has 0 atom stereocenters. The lowest BCUT2D eigenvalue weighted by Gasteiger charge is -2.17. The Labute approximate surface area is 109 Å². The number of nitrogens with zero attached hydrogens (tertiary/aromatic N) is 1. The number of benzene rings is 1. The molecule has 0 unspecified atom stereocenters. The molecule has 1 aromatic rings. The third-order valence-corrected chi connectivity index (χ3v) is 2.68. The van der Waals surface area contributed by atoms with Crippen molar-refractivity contribution in [3.8, 4) is 0 Å². The maximum Gasteiger partial charge on any atom is 0.248 e. The third kappa shape index (κ3) is 4.85. The van der Waals surface area contributed by atoms with Crippen LogP contribution in [0, 0.1) is 0 Å². The molecule has 1 rings (SSSR count). The maximum atomic E-state index is 11.7. The summed E-state index contributed by atoms with van der Waals surface area (Å²) in [4.78, 5) is 13.4. The van der Waals surface area contributed by atoms with Crippen LogP contribution in [0.1, 0.15) is 24.5 Å². The van der Waals surface area contributed by atoms with Crippen LogP contribution in [0.25, 0.3) is 0 Å². The quantitative estimate of drug-likeness (QED) is 0.747. The van der Waals surface area contributed by atoms with Crippen molar-refractivity contribution < 1.29 is 9.53 Å². The summed E-state index contributed by atoms with van der Waals surface area (Å²) in [5.41, 5.74) is 7.73. The van der Waals surface area contributed by atoms with Crippen LogP contribution < -0.4 is 5.73 Å². The summed E-state index contributed by atoms with van der Waals surface area (Å²) < 4.78 is 5.23. The first kappa shape index (κ1) is 14.7. The Bertz CT molecular complexity index is 363. The van der Waals surface area contributed by atoms with Gasteiger partial charge in [-0.25, -0.2) is 0 Å². The van der Waals surface area contributed by atoms with Gasteiger partial charge in [0.2, 0.25) is 5.91 Å². The van der Waals surface area contributed by atoms with Gasteiger partial charge in [-0.1, -0.05) is 31.2 Å². The van der Waals surface area contributed by atoms with Crippen LogP contribution >= 0.6 is 0 Å². The van der Waals surface area contributed by atoms with E-state index in [0.29, 0.717) is 19.7 Å². The van der Waals surface area contributed by atoms with Crippen molar-refractivity contribution in [1.29, 1.82) is 0 Å². The lowest BCUT2D eigenvalue weighted by Crippen LogP contribution is -2.30. The average molecular weight is 250 g/mol. The van der Waals surface area contributed by atoms with Crippen molar-refractivity contribution in [2.24, 2.45) is 5.73 Å². The molecule has 0 saturated heterocycles. The topological polar surface area (TPSA) is 55.6 Å². The first-order valence-electron chi connectivity index (χ1n) is 6.27. The molecule has 0 aromatic heterocycles. The summed E-state index contributed by atoms with van der Waals surface area (Å²) in [6.07, 6.45) is 0.928. The van der Waals surface area contributed by atoms with Crippen LogP contribution in [0.2, 0.25) is 0 Å². The lowest BCUT2D eigenvalue weighted by molar-refractivity contribution is -0.135. The molecule has 1 aromatic carbocycles. The normalized spacial score (nSPS) is 10.4. The molecular formula is C14H22N2O2. The van der Waals surface area contributed by atoms with Crippen LogP contribution in [0.5, 0.6) is 0 Å². The van der Waals surface area contributed by atoms with E-state index in [0.717, 1.165) is 17.5 Å². The molecule has 4 heteroatoms. The van der Waals surface area contributed by atoms with Crippen molar-refractivity contribution in [2.75, 3.05) is 20.3 Å². The fraction of sp³-hybridized carbons (Fsp3) is 0.500. The lowest BCUT2D eigenvalue weighted by atomic mass is 10.1. The summed E-state index contributed by atoms with van der Waals surface area (Å²) in [6, 6.07) is 7.97. The summed E-state index contributed by atoms with van der Waals surface area (Å²) in [5, 5.41) is 0. The summed E-state index contributed by atoms with van der Waals surface area (Å²) in [5.74, 6) is 0.00588. The van der Waals surface area contributed by atoms with E-state index in [1.807, 2.05) is 31.2 Å². The van der Waals surface area contributed by atoms with E-state index < -0.39 is 0 Å². The second-order valence-corrected chi connectivity index (χ2v) is 4.32. The minimum Gasteiger partial charge on any atom is -0.372 e. The van der Waals surface area contributed by atoms with Crippen molar-refractivity contribution >= 4 is 5.91 Å². The van der Waals surface area contributed by atoms with Gasteiger partial charge >= 0.3 is 0 Å². The zero-order chi connectivity index (χ0) is 13.4. The van der Waals surface area contributed by atoms with Crippen LogP contribution in [0.3, 0.4) is 0 Å². The van der Waals surface area contributed by atoms with Crippen LogP contribution in [0.15, 0.2) is 24.3 Å². The van der Waals surface area contributed by atoms with Gasteiger partial charge in [0.25, 0.3) is 0 Å². The second-order valence-electron chi connectivity index (χ2n) is 4.32. The zero-order valence-electron chi connectivity index (χ0n) is 11.2. The van der Waals surface area contributed by atoms with Gasteiger partial charge in [-0.05, 0) is 17.5 Å². The van der Waals surface area contributed by atoms with E-state index >= 15 is 0 Å². The first-order valence-corrected chi connectivity index (χ1v) is 6.27. The molecule has 0 saturated carbocycles. The molecule has 18 heavy (non-hydrogen) atoms. The molecule has 100 valence electrons. The number of rotatable bonds is 7. The number of hydrogen-bond donors (Lipinski definition) is 1. The standard InChI is InChI=1S/C14H22N2O2/c1-3-8-18-11-14(17)16(2)10-13-6-4-12(9-15)5-7-13/h4-7H,3,8-11,15H2,1-2H3. The number of nitrogens with two attached hydrogens (primary N) is 1. The SMILES string of the molecule is CCCOCC(=O)N(C)Cc1ccc(CN)cc1. The average Bonchev–Trinajstić information content (AvgIpc) is 2.39. The van der Waals surface area contributed by atoms with E-state index in [2.05, 4.69) is 0 Å². The predicted molar refractivity (Wildman–Crippen MR) is 71.9 cm³/mol. The molecule has 0 aliphatic rings. The van der Waals surface area contributed by atoms with Gasteiger partial charge in [-0.3, -0.25) is 4.79 Å². The van der Waals surface area contributed by atoms with Gasteiger partial charge in [-0.15, -0.1) is 0 Å². The van der Waals surface area contributed by atoms with Crippen LogP contribution in [-0.2, 0) is 22.6 Å². The van der Waals surface area contributed by atoms with Gasteiger partial charge in [0.1, 0.15) is 6.61 Å². The molecule has 0 aliphatic carbocycles. The van der Waals surface area contributed by atoms with E-state index in [9.17, 15) is 4.79 Å². The summed E-state index contributed by atoms with van der Waals surface area (Å²) in [6.45, 7) is 3.95. The van der Waals surface area contributed by atoms with Gasteiger partial charge < -0.3 is 15.4 Å². The summed E-state index contributed by atoms with van der Waals surface area (Å²) in [7, 11) is 1.79. The van der Waals surface area contributed by atoms with Crippen molar-refractivity contribution in [1.82, 2.24) is 4.90 Å². The molecule has 0 aliphatic heterocycles. The molecule has 0 spiro atoms. The number of likely N-dealkylation sites (N-methyl/N-ethyl adjacent to an activating group) is 1.